The Labute approximate surface area is 201 Å². The molecule has 0 unspecified atom stereocenters. The summed E-state index contributed by atoms with van der Waals surface area (Å²) < 4.78 is 24.6. The number of nitrogens with two attached hydrogens (primary N) is 1. The number of nitrogen functional groups attached to an aromatic ring is 1. The molecule has 1 amide bonds. The van der Waals surface area contributed by atoms with E-state index >= 15 is 0 Å². The molecule has 2 aromatic heterocycles. The quantitative estimate of drug-likeness (QED) is 0.230. The first-order valence-electron chi connectivity index (χ1n) is 10.5. The average molecular weight is 488 g/mol. The summed E-state index contributed by atoms with van der Waals surface area (Å²) >= 11 is 0. The summed E-state index contributed by atoms with van der Waals surface area (Å²) in [7, 11) is 0. The molecule has 4 N–H and O–H groups in total. The van der Waals surface area contributed by atoms with E-state index in [2.05, 4.69) is 35.8 Å². The number of anilines is 1. The number of carbonyl (C=O) groups is 1. The van der Waals surface area contributed by atoms with Crippen molar-refractivity contribution >= 4 is 28.7 Å². The van der Waals surface area contributed by atoms with E-state index < -0.39 is 11.7 Å². The van der Waals surface area contributed by atoms with E-state index in [4.69, 9.17) is 10.5 Å². The van der Waals surface area contributed by atoms with Gasteiger partial charge in [-0.1, -0.05) is 35.5 Å². The van der Waals surface area contributed by atoms with E-state index in [1.807, 2.05) is 24.3 Å². The highest BCUT2D eigenvalue weighted by Gasteiger charge is 2.24. The lowest BCUT2D eigenvalue weighted by Crippen LogP contribution is -2.21. The van der Waals surface area contributed by atoms with Crippen molar-refractivity contribution in [2.75, 3.05) is 5.73 Å². The highest BCUT2D eigenvalue weighted by Crippen LogP contribution is 2.25. The van der Waals surface area contributed by atoms with Crippen molar-refractivity contribution in [2.24, 2.45) is 5.10 Å². The van der Waals surface area contributed by atoms with Gasteiger partial charge in [-0.2, -0.15) is 9.78 Å². The fourth-order valence-electron chi connectivity index (χ4n) is 3.43. The molecule has 5 rings (SSSR count). The fraction of sp³-hybridized carbons (Fsp3) is 0.0435. The van der Waals surface area contributed by atoms with Crippen LogP contribution in [0, 0.1) is 5.82 Å². The van der Waals surface area contributed by atoms with Crippen LogP contribution in [-0.2, 0) is 6.61 Å². The normalized spacial score (nSPS) is 11.2. The minimum Gasteiger partial charge on any atom is -0.507 e. The Hall–Kier alpha value is -5.33. The van der Waals surface area contributed by atoms with Crippen molar-refractivity contribution in [3.05, 3.63) is 83.4 Å². The molecule has 0 aliphatic rings. The highest BCUT2D eigenvalue weighted by molar-refractivity contribution is 6.03. The summed E-state index contributed by atoms with van der Waals surface area (Å²) in [5.74, 6) is -0.885. The summed E-state index contributed by atoms with van der Waals surface area (Å²) in [4.78, 5) is 12.9. The number of hydrogen-bond donors (Lipinski definition) is 3. The minimum absolute atomic E-state index is 0.0000350. The van der Waals surface area contributed by atoms with Crippen LogP contribution in [0.4, 0.5) is 10.2 Å². The van der Waals surface area contributed by atoms with Crippen LogP contribution in [0.1, 0.15) is 21.7 Å². The highest BCUT2D eigenvalue weighted by atomic mass is 19.1. The van der Waals surface area contributed by atoms with Gasteiger partial charge in [0.2, 0.25) is 11.6 Å². The number of nitrogens with one attached hydrogen (secondary N) is 1. The van der Waals surface area contributed by atoms with Gasteiger partial charge in [0.05, 0.1) is 6.21 Å². The minimum atomic E-state index is -0.718. The average Bonchev–Trinajstić information content (AvgIpc) is 3.50. The number of ether oxygens (including phenoxy) is 1. The van der Waals surface area contributed by atoms with Gasteiger partial charge in [0.15, 0.2) is 5.69 Å². The van der Waals surface area contributed by atoms with Gasteiger partial charge in [-0.15, -0.1) is 5.10 Å². The van der Waals surface area contributed by atoms with Crippen LogP contribution >= 0.6 is 0 Å². The number of nitrogens with zero attached hydrogens (tertiary/aromatic N) is 6. The zero-order valence-corrected chi connectivity index (χ0v) is 18.4. The maximum Gasteiger partial charge on any atom is 0.293 e. The third kappa shape index (κ3) is 4.40. The van der Waals surface area contributed by atoms with Gasteiger partial charge < -0.3 is 15.6 Å². The number of benzene rings is 3. The first-order chi connectivity index (χ1) is 17.5. The van der Waals surface area contributed by atoms with Crippen molar-refractivity contribution in [3.8, 4) is 17.3 Å². The zero-order chi connectivity index (χ0) is 25.1. The Kier molecular flexibility index (Phi) is 5.93. The van der Waals surface area contributed by atoms with Gasteiger partial charge in [0.1, 0.15) is 29.6 Å². The summed E-state index contributed by atoms with van der Waals surface area (Å²) in [5, 5.41) is 30.9. The number of hydrazone groups is 1. The second-order valence-electron chi connectivity index (χ2n) is 7.43. The number of amides is 1. The molecule has 0 bridgehead atoms. The number of halogens is 1. The van der Waals surface area contributed by atoms with Crippen molar-refractivity contribution in [1.29, 1.82) is 0 Å². The summed E-state index contributed by atoms with van der Waals surface area (Å²) in [6.07, 6.45) is 1.33. The molecule has 0 atom stereocenters. The number of hydrogen-bond acceptors (Lipinski definition) is 10. The lowest BCUT2D eigenvalue weighted by molar-refractivity contribution is 0.0947. The Bertz CT molecular complexity index is 1580. The predicted octanol–water partition coefficient (Wildman–Crippen LogP) is 2.57. The topological polar surface area (TPSA) is 167 Å². The lowest BCUT2D eigenvalue weighted by atomic mass is 10.0. The molecule has 2 heterocycles. The maximum atomic E-state index is 13.2. The first-order valence-corrected chi connectivity index (χ1v) is 10.5. The van der Waals surface area contributed by atoms with Gasteiger partial charge in [0, 0.05) is 5.56 Å². The van der Waals surface area contributed by atoms with Crippen LogP contribution < -0.4 is 15.9 Å². The van der Waals surface area contributed by atoms with Crippen molar-refractivity contribution in [3.63, 3.8) is 0 Å². The molecule has 0 saturated carbocycles. The van der Waals surface area contributed by atoms with E-state index in [-0.39, 0.29) is 35.4 Å². The van der Waals surface area contributed by atoms with Gasteiger partial charge in [0.25, 0.3) is 5.91 Å². The van der Waals surface area contributed by atoms with Crippen LogP contribution in [0.5, 0.6) is 11.5 Å². The molecule has 0 radical (unpaired) electrons. The number of rotatable bonds is 7. The largest absolute Gasteiger partial charge is 0.507 e. The molecule has 0 aliphatic heterocycles. The molecular weight excluding hydrogens is 471 g/mol. The van der Waals surface area contributed by atoms with Gasteiger partial charge in [-0.3, -0.25) is 4.79 Å². The smallest absolute Gasteiger partial charge is 0.293 e. The molecule has 12 nitrogen and oxygen atoms in total. The van der Waals surface area contributed by atoms with Crippen molar-refractivity contribution in [1.82, 2.24) is 30.7 Å². The van der Waals surface area contributed by atoms with E-state index in [1.165, 1.54) is 30.5 Å². The van der Waals surface area contributed by atoms with Crippen LogP contribution in [-0.4, -0.2) is 42.5 Å². The third-order valence-electron chi connectivity index (χ3n) is 5.17. The lowest BCUT2D eigenvalue weighted by Gasteiger charge is -2.08. The molecule has 180 valence electrons. The van der Waals surface area contributed by atoms with Crippen LogP contribution in [0.25, 0.3) is 16.6 Å². The zero-order valence-electron chi connectivity index (χ0n) is 18.4. The number of phenols is 1. The Morgan fingerprint density at radius 1 is 1.17 bits per heavy atom. The standard InChI is InChI=1S/C23H17FN8O4/c24-14-6-8-15(9-7-14)35-12-18-20(27-31-32(18)22-21(25)29-36-30-22)23(34)28-26-11-17-16-4-2-1-3-13(16)5-10-19(17)33/h1-11,33H,12H2,(H2,25,29)(H,28,34)/b26-11-. The molecule has 5 aromatic rings. The predicted molar refractivity (Wildman–Crippen MR) is 125 cm³/mol. The summed E-state index contributed by atoms with van der Waals surface area (Å²) in [6.45, 7) is -0.207. The molecule has 0 spiro atoms. The summed E-state index contributed by atoms with van der Waals surface area (Å²) in [5.41, 5.74) is 8.58. The second-order valence-corrected chi connectivity index (χ2v) is 7.43. The van der Waals surface area contributed by atoms with E-state index in [9.17, 15) is 14.3 Å². The molecule has 0 aliphatic carbocycles. The van der Waals surface area contributed by atoms with Gasteiger partial charge in [-0.25, -0.2) is 14.4 Å². The number of aromatic hydroxyl groups is 1. The van der Waals surface area contributed by atoms with Gasteiger partial charge in [-0.05, 0) is 51.4 Å². The Balaban J connectivity index is 1.42. The number of carbonyl (C=O) groups excluding carboxylic acids is 1. The van der Waals surface area contributed by atoms with Crippen molar-refractivity contribution < 1.29 is 23.7 Å². The molecule has 36 heavy (non-hydrogen) atoms. The molecule has 3 aromatic carbocycles. The number of aromatic nitrogens is 5. The molecular formula is C23H17FN8O4. The van der Waals surface area contributed by atoms with Crippen LogP contribution in [0.15, 0.2) is 70.4 Å². The first kappa shape index (κ1) is 22.5. The SMILES string of the molecule is Nc1nonc1-n1nnc(C(=O)N/N=C\c2c(O)ccc3ccccc23)c1COc1ccc(F)cc1. The fourth-order valence-corrected chi connectivity index (χ4v) is 3.43. The summed E-state index contributed by atoms with van der Waals surface area (Å²) in [6, 6.07) is 16.0. The van der Waals surface area contributed by atoms with Crippen LogP contribution in [0.2, 0.25) is 0 Å². The van der Waals surface area contributed by atoms with E-state index in [0.717, 1.165) is 15.5 Å². The molecule has 0 fully saturated rings. The second kappa shape index (κ2) is 9.50. The Morgan fingerprint density at radius 2 is 1.97 bits per heavy atom. The third-order valence-corrected chi connectivity index (χ3v) is 5.17. The van der Waals surface area contributed by atoms with Crippen molar-refractivity contribution in [2.45, 2.75) is 6.61 Å². The maximum absolute atomic E-state index is 13.2. The van der Waals surface area contributed by atoms with Gasteiger partial charge >= 0.3 is 0 Å². The Morgan fingerprint density at radius 3 is 2.75 bits per heavy atom. The number of fused-ring (bicyclic) bond motifs is 1. The van der Waals surface area contributed by atoms with Crippen LogP contribution in [0.3, 0.4) is 0 Å². The monoisotopic (exact) mass is 488 g/mol. The van der Waals surface area contributed by atoms with E-state index in [0.29, 0.717) is 11.3 Å². The molecule has 13 heteroatoms. The van der Waals surface area contributed by atoms with E-state index in [1.54, 1.807) is 12.1 Å². The number of phenolic OH excluding ortho intramolecular Hbond substituents is 1. The molecule has 0 saturated heterocycles.